The highest BCUT2D eigenvalue weighted by Gasteiger charge is 2.31. The molecule has 0 radical (unpaired) electrons. The average molecular weight is 299 g/mol. The largest absolute Gasteiger partial charge is 0.459 e. The van der Waals surface area contributed by atoms with Crippen molar-refractivity contribution in [1.82, 2.24) is 4.90 Å². The fourth-order valence-electron chi connectivity index (χ4n) is 1.93. The summed E-state index contributed by atoms with van der Waals surface area (Å²) in [6.45, 7) is 5.03. The van der Waals surface area contributed by atoms with Crippen LogP contribution in [-0.2, 0) is 14.3 Å². The lowest BCUT2D eigenvalue weighted by atomic mass is 10.2. The van der Waals surface area contributed by atoms with E-state index in [1.54, 1.807) is 18.7 Å². The molecule has 1 amide bonds. The highest BCUT2D eigenvalue weighted by atomic mass is 32.2. The third kappa shape index (κ3) is 3.57. The zero-order chi connectivity index (χ0) is 13.8. The Morgan fingerprint density at radius 1 is 1.21 bits per heavy atom. The van der Waals surface area contributed by atoms with Gasteiger partial charge < -0.3 is 9.64 Å². The van der Waals surface area contributed by atoms with Gasteiger partial charge in [0.15, 0.2) is 0 Å². The van der Waals surface area contributed by atoms with Gasteiger partial charge in [-0.05, 0) is 37.5 Å². The molecular formula is C13H17NO3S2. The Balaban J connectivity index is 2.21. The average Bonchev–Trinajstić information content (AvgIpc) is 3.01. The lowest BCUT2D eigenvalue weighted by Crippen LogP contribution is -2.33. The molecule has 2 aliphatic rings. The van der Waals surface area contributed by atoms with Crippen LogP contribution in [0.3, 0.4) is 0 Å². The monoisotopic (exact) mass is 299 g/mol. The summed E-state index contributed by atoms with van der Waals surface area (Å²) < 4.78 is 5.93. The molecule has 0 aliphatic carbocycles. The Labute approximate surface area is 121 Å². The first kappa shape index (κ1) is 14.5. The van der Waals surface area contributed by atoms with E-state index in [2.05, 4.69) is 0 Å². The van der Waals surface area contributed by atoms with Gasteiger partial charge in [0.1, 0.15) is 5.57 Å². The van der Waals surface area contributed by atoms with Gasteiger partial charge in [0, 0.05) is 13.1 Å². The van der Waals surface area contributed by atoms with Gasteiger partial charge in [-0.1, -0.05) is 23.5 Å². The van der Waals surface area contributed by atoms with E-state index in [1.165, 1.54) is 23.5 Å². The highest BCUT2D eigenvalue weighted by molar-refractivity contribution is 8.27. The third-order valence-corrected chi connectivity index (χ3v) is 4.89. The van der Waals surface area contributed by atoms with Crippen LogP contribution in [-0.4, -0.2) is 36.0 Å². The van der Waals surface area contributed by atoms with E-state index >= 15 is 0 Å². The van der Waals surface area contributed by atoms with E-state index in [0.717, 1.165) is 30.2 Å². The molecule has 1 saturated heterocycles. The maximum absolute atomic E-state index is 12.5. The molecule has 2 rings (SSSR count). The minimum absolute atomic E-state index is 0.190. The van der Waals surface area contributed by atoms with Crippen molar-refractivity contribution in [1.29, 1.82) is 0 Å². The van der Waals surface area contributed by atoms with Crippen LogP contribution in [0.4, 0.5) is 0 Å². The van der Waals surface area contributed by atoms with Crippen LogP contribution in [0.5, 0.6) is 0 Å². The summed E-state index contributed by atoms with van der Waals surface area (Å²) in [6, 6.07) is 0. The van der Waals surface area contributed by atoms with Crippen LogP contribution in [0.2, 0.25) is 0 Å². The maximum atomic E-state index is 12.5. The zero-order valence-electron chi connectivity index (χ0n) is 11.0. The van der Waals surface area contributed by atoms with Gasteiger partial charge in [-0.3, -0.25) is 4.79 Å². The third-order valence-electron chi connectivity index (χ3n) is 2.76. The fourth-order valence-corrected chi connectivity index (χ4v) is 3.76. The molecule has 0 aromatic carbocycles. The lowest BCUT2D eigenvalue weighted by molar-refractivity contribution is -0.145. The van der Waals surface area contributed by atoms with Gasteiger partial charge in [0.25, 0.3) is 5.91 Å². The quantitative estimate of drug-likeness (QED) is 0.347. The molecule has 0 atom stereocenters. The molecular weight excluding hydrogens is 282 g/mol. The molecule has 1 fully saturated rings. The summed E-state index contributed by atoms with van der Waals surface area (Å²) in [5.74, 6) is -0.701. The summed E-state index contributed by atoms with van der Waals surface area (Å²) in [6.07, 6.45) is 1.79. The molecule has 0 unspecified atom stereocenters. The number of thioether (sulfide) groups is 2. The van der Waals surface area contributed by atoms with Gasteiger partial charge in [-0.25, -0.2) is 4.79 Å². The molecule has 4 nitrogen and oxygen atoms in total. The number of rotatable bonds is 3. The normalized spacial score (nSPS) is 18.3. The van der Waals surface area contributed by atoms with E-state index in [4.69, 9.17) is 4.74 Å². The van der Waals surface area contributed by atoms with E-state index in [0.29, 0.717) is 0 Å². The topological polar surface area (TPSA) is 46.6 Å². The van der Waals surface area contributed by atoms with Gasteiger partial charge in [0.05, 0.1) is 10.3 Å². The van der Waals surface area contributed by atoms with Crippen LogP contribution >= 0.6 is 23.5 Å². The number of amides is 1. The summed E-state index contributed by atoms with van der Waals surface area (Å²) in [4.78, 5) is 26.4. The van der Waals surface area contributed by atoms with Crippen molar-refractivity contribution in [3.05, 3.63) is 20.6 Å². The molecule has 2 heterocycles. The van der Waals surface area contributed by atoms with Crippen molar-refractivity contribution in [2.45, 2.75) is 32.8 Å². The lowest BCUT2D eigenvalue weighted by Gasteiger charge is -2.18. The van der Waals surface area contributed by atoms with Gasteiger partial charge in [-0.15, -0.1) is 0 Å². The first-order valence-electron chi connectivity index (χ1n) is 6.32. The summed E-state index contributed by atoms with van der Waals surface area (Å²) in [5, 5.41) is 3.75. The van der Waals surface area contributed by atoms with Gasteiger partial charge in [0.2, 0.25) is 0 Å². The predicted molar refractivity (Wildman–Crippen MR) is 78.4 cm³/mol. The maximum Gasteiger partial charge on any atom is 0.345 e. The van der Waals surface area contributed by atoms with Crippen LogP contribution in [0.15, 0.2) is 20.6 Å². The number of hydrogen-bond acceptors (Lipinski definition) is 5. The van der Waals surface area contributed by atoms with E-state index in [9.17, 15) is 9.59 Å². The summed E-state index contributed by atoms with van der Waals surface area (Å²) >= 11 is 2.81. The van der Waals surface area contributed by atoms with Crippen LogP contribution in [0.1, 0.15) is 26.7 Å². The Bertz CT molecular complexity index is 427. The molecule has 0 aromatic heterocycles. The van der Waals surface area contributed by atoms with Crippen molar-refractivity contribution >= 4 is 35.4 Å². The van der Waals surface area contributed by atoms with Crippen molar-refractivity contribution in [2.24, 2.45) is 0 Å². The molecule has 0 saturated carbocycles. The van der Waals surface area contributed by atoms with Gasteiger partial charge >= 0.3 is 5.97 Å². The van der Waals surface area contributed by atoms with E-state index in [-0.39, 0.29) is 17.6 Å². The molecule has 0 aromatic rings. The van der Waals surface area contributed by atoms with Crippen molar-refractivity contribution in [2.75, 3.05) is 13.1 Å². The fraction of sp³-hybridized carbons (Fsp3) is 0.538. The first-order chi connectivity index (χ1) is 9.09. The molecule has 104 valence electrons. The zero-order valence-corrected chi connectivity index (χ0v) is 12.7. The van der Waals surface area contributed by atoms with Crippen LogP contribution in [0, 0.1) is 0 Å². The number of hydrogen-bond donors (Lipinski definition) is 0. The Kier molecular flexibility index (Phi) is 4.99. The Morgan fingerprint density at radius 3 is 2.32 bits per heavy atom. The predicted octanol–water partition coefficient (Wildman–Crippen LogP) is 2.72. The smallest absolute Gasteiger partial charge is 0.345 e. The van der Waals surface area contributed by atoms with E-state index < -0.39 is 5.97 Å². The minimum Gasteiger partial charge on any atom is -0.459 e. The molecule has 6 heteroatoms. The number of carbonyl (C=O) groups excluding carboxylic acids is 2. The number of nitrogens with zero attached hydrogens (tertiary/aromatic N) is 1. The number of likely N-dealkylation sites (tertiary alicyclic amines) is 1. The summed E-state index contributed by atoms with van der Waals surface area (Å²) in [5.41, 5.74) is 0.190. The van der Waals surface area contributed by atoms with Crippen molar-refractivity contribution < 1.29 is 14.3 Å². The minimum atomic E-state index is -0.509. The van der Waals surface area contributed by atoms with Crippen LogP contribution < -0.4 is 0 Å². The van der Waals surface area contributed by atoms with E-state index in [1.807, 2.05) is 10.8 Å². The second kappa shape index (κ2) is 6.52. The number of carbonyl (C=O) groups is 2. The van der Waals surface area contributed by atoms with Gasteiger partial charge in [-0.2, -0.15) is 0 Å². The number of esters is 1. The molecule has 19 heavy (non-hydrogen) atoms. The Morgan fingerprint density at radius 2 is 1.79 bits per heavy atom. The number of ether oxygens (including phenoxy) is 1. The first-order valence-corrected chi connectivity index (χ1v) is 8.08. The highest BCUT2D eigenvalue weighted by Crippen LogP contribution is 2.40. The second-order valence-electron chi connectivity index (χ2n) is 4.62. The molecule has 0 bridgehead atoms. The summed E-state index contributed by atoms with van der Waals surface area (Å²) in [7, 11) is 0. The SMILES string of the molecule is CC(C)OC(=O)C(C(=O)N1CCCC1)=C1SC=CS1. The molecule has 0 N–H and O–H groups in total. The van der Waals surface area contributed by atoms with Crippen LogP contribution in [0.25, 0.3) is 0 Å². The molecule has 2 aliphatic heterocycles. The Hall–Kier alpha value is -0.880. The van der Waals surface area contributed by atoms with Crippen molar-refractivity contribution in [3.63, 3.8) is 0 Å². The second-order valence-corrected chi connectivity index (χ2v) is 6.71. The standard InChI is InChI=1S/C13H17NO3S2/c1-9(2)17-12(16)10(13-18-7-8-19-13)11(15)14-5-3-4-6-14/h7-9H,3-6H2,1-2H3. The van der Waals surface area contributed by atoms with Crippen molar-refractivity contribution in [3.8, 4) is 0 Å². The molecule has 0 spiro atoms.